The zero-order valence-corrected chi connectivity index (χ0v) is 19.9. The summed E-state index contributed by atoms with van der Waals surface area (Å²) in [5.74, 6) is 0.822. The van der Waals surface area contributed by atoms with E-state index in [0.29, 0.717) is 38.0 Å². The van der Waals surface area contributed by atoms with Gasteiger partial charge >= 0.3 is 0 Å². The molecular formula is C24H30BrN3O3. The fraction of sp³-hybridized carbons (Fsp3) is 0.417. The molecule has 166 valence electrons. The van der Waals surface area contributed by atoms with Crippen LogP contribution in [-0.4, -0.2) is 62.5 Å². The summed E-state index contributed by atoms with van der Waals surface area (Å²) in [5.41, 5.74) is 1.78. The van der Waals surface area contributed by atoms with Crippen molar-refractivity contribution in [1.82, 2.24) is 15.1 Å². The highest BCUT2D eigenvalue weighted by Gasteiger charge is 2.28. The molecule has 31 heavy (non-hydrogen) atoms. The Hall–Kier alpha value is -2.38. The number of methoxy groups -OCH3 is 1. The van der Waals surface area contributed by atoms with Crippen molar-refractivity contribution in [2.24, 2.45) is 5.92 Å². The van der Waals surface area contributed by atoms with Gasteiger partial charge in [-0.05, 0) is 68.9 Å². The van der Waals surface area contributed by atoms with Gasteiger partial charge in [0.25, 0.3) is 5.91 Å². The number of nitrogens with one attached hydrogen (secondary N) is 1. The molecule has 1 aliphatic heterocycles. The maximum absolute atomic E-state index is 12.8. The molecular weight excluding hydrogens is 458 g/mol. The first-order valence-electron chi connectivity index (χ1n) is 10.5. The zero-order chi connectivity index (χ0) is 22.4. The largest absolute Gasteiger partial charge is 0.497 e. The molecule has 2 aromatic carbocycles. The molecule has 2 aromatic rings. The Morgan fingerprint density at radius 2 is 1.84 bits per heavy atom. The molecule has 0 aromatic heterocycles. The molecule has 0 unspecified atom stereocenters. The maximum Gasteiger partial charge on any atom is 0.253 e. The summed E-state index contributed by atoms with van der Waals surface area (Å²) in [5, 5.41) is 3.12. The van der Waals surface area contributed by atoms with Gasteiger partial charge in [0.1, 0.15) is 5.75 Å². The molecule has 0 radical (unpaired) electrons. The summed E-state index contributed by atoms with van der Waals surface area (Å²) in [6.07, 6.45) is 1.36. The predicted octanol–water partition coefficient (Wildman–Crippen LogP) is 3.73. The fourth-order valence-electron chi connectivity index (χ4n) is 3.91. The van der Waals surface area contributed by atoms with Gasteiger partial charge in [0.2, 0.25) is 5.91 Å². The summed E-state index contributed by atoms with van der Waals surface area (Å²) in [6, 6.07) is 15.4. The molecule has 6 nitrogen and oxygen atoms in total. The van der Waals surface area contributed by atoms with E-state index in [1.165, 1.54) is 0 Å². The molecule has 0 aliphatic carbocycles. The number of ether oxygens (including phenoxy) is 1. The van der Waals surface area contributed by atoms with Crippen molar-refractivity contribution in [2.45, 2.75) is 18.9 Å². The quantitative estimate of drug-likeness (QED) is 0.646. The van der Waals surface area contributed by atoms with Crippen LogP contribution in [0.2, 0.25) is 0 Å². The lowest BCUT2D eigenvalue weighted by molar-refractivity contribution is -0.126. The number of amides is 2. The number of nitrogens with zero attached hydrogens (tertiary/aromatic N) is 2. The fourth-order valence-corrected chi connectivity index (χ4v) is 4.17. The maximum atomic E-state index is 12.8. The Balaban J connectivity index is 1.53. The molecule has 7 heteroatoms. The lowest BCUT2D eigenvalue weighted by Gasteiger charge is -2.32. The number of piperidine rings is 1. The lowest BCUT2D eigenvalue weighted by atomic mass is 9.95. The lowest BCUT2D eigenvalue weighted by Crippen LogP contribution is -2.44. The number of hydrogen-bond acceptors (Lipinski definition) is 4. The molecule has 3 rings (SSSR count). The number of hydrogen-bond donors (Lipinski definition) is 1. The molecule has 0 bridgehead atoms. The highest BCUT2D eigenvalue weighted by molar-refractivity contribution is 9.10. The number of carbonyl (C=O) groups excluding carboxylic acids is 2. The van der Waals surface area contributed by atoms with Gasteiger partial charge in [-0.25, -0.2) is 0 Å². The topological polar surface area (TPSA) is 61.9 Å². The van der Waals surface area contributed by atoms with Crippen molar-refractivity contribution in [3.8, 4) is 5.75 Å². The predicted molar refractivity (Wildman–Crippen MR) is 125 cm³/mol. The second kappa shape index (κ2) is 10.8. The zero-order valence-electron chi connectivity index (χ0n) is 18.3. The summed E-state index contributed by atoms with van der Waals surface area (Å²) >= 11 is 3.39. The number of rotatable bonds is 7. The summed E-state index contributed by atoms with van der Waals surface area (Å²) in [6.45, 7) is 1.72. The molecule has 0 saturated carbocycles. The number of halogens is 1. The van der Waals surface area contributed by atoms with Gasteiger partial charge in [-0.15, -0.1) is 0 Å². The van der Waals surface area contributed by atoms with Crippen molar-refractivity contribution >= 4 is 27.7 Å². The summed E-state index contributed by atoms with van der Waals surface area (Å²) in [4.78, 5) is 29.4. The van der Waals surface area contributed by atoms with Crippen LogP contribution in [0.5, 0.6) is 5.75 Å². The van der Waals surface area contributed by atoms with Crippen LogP contribution >= 0.6 is 15.9 Å². The molecule has 1 atom stereocenters. The van der Waals surface area contributed by atoms with Gasteiger partial charge in [-0.1, -0.05) is 28.1 Å². The average Bonchev–Trinajstić information content (AvgIpc) is 2.79. The highest BCUT2D eigenvalue weighted by atomic mass is 79.9. The van der Waals surface area contributed by atoms with E-state index >= 15 is 0 Å². The number of benzene rings is 2. The molecule has 1 heterocycles. The smallest absolute Gasteiger partial charge is 0.253 e. The van der Waals surface area contributed by atoms with E-state index in [4.69, 9.17) is 4.74 Å². The molecule has 1 fully saturated rings. The molecule has 1 N–H and O–H groups in total. The summed E-state index contributed by atoms with van der Waals surface area (Å²) < 4.78 is 6.28. The van der Waals surface area contributed by atoms with E-state index in [0.717, 1.165) is 15.8 Å². The van der Waals surface area contributed by atoms with Crippen LogP contribution in [0, 0.1) is 5.92 Å². The first kappa shape index (κ1) is 23.3. The van der Waals surface area contributed by atoms with Gasteiger partial charge in [0.05, 0.1) is 13.2 Å². The minimum Gasteiger partial charge on any atom is -0.497 e. The first-order chi connectivity index (χ1) is 14.9. The second-order valence-corrected chi connectivity index (χ2v) is 8.99. The van der Waals surface area contributed by atoms with Gasteiger partial charge in [-0.2, -0.15) is 0 Å². The number of likely N-dealkylation sites (N-methyl/N-ethyl adjacent to an activating group) is 1. The van der Waals surface area contributed by atoms with Gasteiger partial charge in [-0.3, -0.25) is 9.59 Å². The van der Waals surface area contributed by atoms with Crippen LogP contribution in [0.25, 0.3) is 0 Å². The SMILES string of the molecule is COc1cccc([C@@H](CNC(=O)C2CCN(C(=O)c3ccc(Br)cc3)CC2)N(C)C)c1. The van der Waals surface area contributed by atoms with Crippen LogP contribution in [-0.2, 0) is 4.79 Å². The highest BCUT2D eigenvalue weighted by Crippen LogP contribution is 2.23. The van der Waals surface area contributed by atoms with Crippen LogP contribution in [0.3, 0.4) is 0 Å². The Bertz CT molecular complexity index is 893. The number of likely N-dealkylation sites (tertiary alicyclic amines) is 1. The third-order valence-corrected chi connectivity index (χ3v) is 6.34. The Kier molecular flexibility index (Phi) is 8.09. The van der Waals surface area contributed by atoms with E-state index < -0.39 is 0 Å². The molecule has 2 amide bonds. The first-order valence-corrected chi connectivity index (χ1v) is 11.3. The second-order valence-electron chi connectivity index (χ2n) is 8.07. The monoisotopic (exact) mass is 487 g/mol. The Labute approximate surface area is 192 Å². The van der Waals surface area contributed by atoms with E-state index in [1.807, 2.05) is 67.5 Å². The molecule has 0 spiro atoms. The standard InChI is InChI=1S/C24H30BrN3O3/c1-27(2)22(19-5-4-6-21(15-19)31-3)16-26-23(29)17-11-13-28(14-12-17)24(30)18-7-9-20(25)10-8-18/h4-10,15,17,22H,11-14,16H2,1-3H3,(H,26,29)/t22-/m1/s1. The van der Waals surface area contributed by atoms with Gasteiger partial charge in [0, 0.05) is 35.6 Å². The molecule has 1 aliphatic rings. The third-order valence-electron chi connectivity index (χ3n) is 5.82. The number of carbonyl (C=O) groups is 2. The minimum absolute atomic E-state index is 0.0251. The minimum atomic E-state index is -0.0675. The van der Waals surface area contributed by atoms with Crippen molar-refractivity contribution < 1.29 is 14.3 Å². The third kappa shape index (κ3) is 6.08. The van der Waals surface area contributed by atoms with E-state index in [2.05, 4.69) is 26.1 Å². The van der Waals surface area contributed by atoms with Crippen molar-refractivity contribution in [1.29, 1.82) is 0 Å². The van der Waals surface area contributed by atoms with Crippen molar-refractivity contribution in [2.75, 3.05) is 40.8 Å². The van der Waals surface area contributed by atoms with E-state index in [1.54, 1.807) is 7.11 Å². The van der Waals surface area contributed by atoms with Crippen LogP contribution in [0.4, 0.5) is 0 Å². The Morgan fingerprint density at radius 3 is 2.45 bits per heavy atom. The van der Waals surface area contributed by atoms with Crippen LogP contribution in [0.1, 0.15) is 34.8 Å². The summed E-state index contributed by atoms with van der Waals surface area (Å²) in [7, 11) is 5.66. The van der Waals surface area contributed by atoms with E-state index in [-0.39, 0.29) is 23.8 Å². The normalized spacial score (nSPS) is 15.6. The van der Waals surface area contributed by atoms with Crippen molar-refractivity contribution in [3.63, 3.8) is 0 Å². The van der Waals surface area contributed by atoms with Crippen molar-refractivity contribution in [3.05, 3.63) is 64.1 Å². The Morgan fingerprint density at radius 1 is 1.16 bits per heavy atom. The van der Waals surface area contributed by atoms with Gasteiger partial charge in [0.15, 0.2) is 0 Å². The van der Waals surface area contributed by atoms with Gasteiger partial charge < -0.3 is 19.9 Å². The van der Waals surface area contributed by atoms with Crippen LogP contribution < -0.4 is 10.1 Å². The molecule has 1 saturated heterocycles. The van der Waals surface area contributed by atoms with E-state index in [9.17, 15) is 9.59 Å². The average molecular weight is 488 g/mol. The van der Waals surface area contributed by atoms with Crippen LogP contribution in [0.15, 0.2) is 53.0 Å².